The molecular weight excluding hydrogens is 256 g/mol. The maximum Gasteiger partial charge on any atom is 0.272 e. The molecule has 20 heavy (non-hydrogen) atoms. The summed E-state index contributed by atoms with van der Waals surface area (Å²) < 4.78 is 0. The molecule has 6 heteroatoms. The van der Waals surface area contributed by atoms with Crippen molar-refractivity contribution in [3.8, 4) is 0 Å². The Bertz CT molecular complexity index is 522. The highest BCUT2D eigenvalue weighted by Crippen LogP contribution is 2.21. The van der Waals surface area contributed by atoms with Gasteiger partial charge in [-0.25, -0.2) is 4.99 Å². The fraction of sp³-hybridized carbons (Fsp3) is 0.500. The highest BCUT2D eigenvalue weighted by Gasteiger charge is 2.15. The molecule has 0 amide bonds. The van der Waals surface area contributed by atoms with E-state index in [2.05, 4.69) is 10.3 Å². The second kappa shape index (κ2) is 6.36. The number of guanidine groups is 1. The lowest BCUT2D eigenvalue weighted by molar-refractivity contribution is -0.385. The summed E-state index contributed by atoms with van der Waals surface area (Å²) in [5, 5.41) is 14.1. The lowest BCUT2D eigenvalue weighted by Crippen LogP contribution is -2.38. The molecule has 0 aliphatic heterocycles. The quantitative estimate of drug-likeness (QED) is 0.382. The van der Waals surface area contributed by atoms with E-state index in [1.165, 1.54) is 18.9 Å². The summed E-state index contributed by atoms with van der Waals surface area (Å²) in [6.07, 6.45) is 4.72. The lowest BCUT2D eigenvalue weighted by Gasteiger charge is -2.12. The van der Waals surface area contributed by atoms with E-state index in [4.69, 9.17) is 5.73 Å². The molecule has 1 fully saturated rings. The van der Waals surface area contributed by atoms with E-state index in [0.717, 1.165) is 18.4 Å². The second-order valence-corrected chi connectivity index (χ2v) is 5.15. The molecule has 6 nitrogen and oxygen atoms in total. The van der Waals surface area contributed by atoms with Gasteiger partial charge in [-0.3, -0.25) is 10.1 Å². The highest BCUT2D eigenvalue weighted by molar-refractivity contribution is 5.78. The van der Waals surface area contributed by atoms with E-state index in [0.29, 0.717) is 24.1 Å². The van der Waals surface area contributed by atoms with Gasteiger partial charge >= 0.3 is 0 Å². The first-order valence-electron chi connectivity index (χ1n) is 6.87. The van der Waals surface area contributed by atoms with Crippen LogP contribution in [0.15, 0.2) is 23.2 Å². The fourth-order valence-corrected chi connectivity index (χ4v) is 2.53. The number of benzene rings is 1. The molecule has 1 aliphatic carbocycles. The molecule has 3 N–H and O–H groups in total. The maximum absolute atomic E-state index is 10.9. The van der Waals surface area contributed by atoms with Gasteiger partial charge in [0, 0.05) is 17.7 Å². The number of nitrogens with zero attached hydrogens (tertiary/aromatic N) is 2. The Hall–Kier alpha value is -2.11. The Morgan fingerprint density at radius 3 is 2.85 bits per heavy atom. The van der Waals surface area contributed by atoms with E-state index in [9.17, 15) is 10.1 Å². The Morgan fingerprint density at radius 2 is 2.20 bits per heavy atom. The predicted molar refractivity (Wildman–Crippen MR) is 78.6 cm³/mol. The molecule has 1 saturated carbocycles. The minimum Gasteiger partial charge on any atom is -0.370 e. The van der Waals surface area contributed by atoms with Gasteiger partial charge < -0.3 is 11.1 Å². The molecule has 1 aromatic rings. The summed E-state index contributed by atoms with van der Waals surface area (Å²) in [7, 11) is 0. The van der Waals surface area contributed by atoms with Crippen LogP contribution in [0, 0.1) is 17.0 Å². The SMILES string of the molecule is Cc1c(CN=C(N)NC2CCCC2)cccc1[N+](=O)[O-]. The van der Waals surface area contributed by atoms with Gasteiger partial charge in [-0.05, 0) is 25.3 Å². The molecule has 0 aromatic heterocycles. The molecule has 0 atom stereocenters. The third-order valence-corrected chi connectivity index (χ3v) is 3.74. The predicted octanol–water partition coefficient (Wildman–Crippen LogP) is 2.25. The minimum atomic E-state index is -0.372. The van der Waals surface area contributed by atoms with Gasteiger partial charge in [0.25, 0.3) is 5.69 Å². The molecular formula is C14H20N4O2. The summed E-state index contributed by atoms with van der Waals surface area (Å²) in [5.41, 5.74) is 7.46. The van der Waals surface area contributed by atoms with Crippen molar-refractivity contribution in [1.82, 2.24) is 5.32 Å². The van der Waals surface area contributed by atoms with Gasteiger partial charge in [0.2, 0.25) is 0 Å². The number of rotatable bonds is 4. The summed E-state index contributed by atoms with van der Waals surface area (Å²) in [4.78, 5) is 14.8. The number of aliphatic imine (C=N–C) groups is 1. The maximum atomic E-state index is 10.9. The zero-order valence-corrected chi connectivity index (χ0v) is 11.6. The van der Waals surface area contributed by atoms with E-state index in [1.807, 2.05) is 6.07 Å². The first kappa shape index (κ1) is 14.3. The van der Waals surface area contributed by atoms with Crippen molar-refractivity contribution < 1.29 is 4.92 Å². The van der Waals surface area contributed by atoms with Crippen LogP contribution in [0.25, 0.3) is 0 Å². The van der Waals surface area contributed by atoms with Crippen LogP contribution in [-0.2, 0) is 6.54 Å². The van der Waals surface area contributed by atoms with Gasteiger partial charge in [-0.15, -0.1) is 0 Å². The van der Waals surface area contributed by atoms with Crippen molar-refractivity contribution in [1.29, 1.82) is 0 Å². The summed E-state index contributed by atoms with van der Waals surface area (Å²) in [6, 6.07) is 5.44. The number of nitro groups is 1. The van der Waals surface area contributed by atoms with Gasteiger partial charge in [0.1, 0.15) is 0 Å². The van der Waals surface area contributed by atoms with Crippen molar-refractivity contribution in [2.75, 3.05) is 0 Å². The van der Waals surface area contributed by atoms with Crippen molar-refractivity contribution in [2.45, 2.75) is 45.2 Å². The van der Waals surface area contributed by atoms with Gasteiger partial charge in [0.15, 0.2) is 5.96 Å². The number of nitrogens with one attached hydrogen (secondary N) is 1. The third-order valence-electron chi connectivity index (χ3n) is 3.74. The molecule has 0 saturated heterocycles. The van der Waals surface area contributed by atoms with Crippen LogP contribution in [0.2, 0.25) is 0 Å². The van der Waals surface area contributed by atoms with Crippen LogP contribution in [-0.4, -0.2) is 16.9 Å². The minimum absolute atomic E-state index is 0.125. The number of hydrogen-bond acceptors (Lipinski definition) is 3. The summed E-state index contributed by atoms with van der Waals surface area (Å²) in [6.45, 7) is 2.10. The van der Waals surface area contributed by atoms with Crippen LogP contribution < -0.4 is 11.1 Å². The van der Waals surface area contributed by atoms with Crippen LogP contribution >= 0.6 is 0 Å². The van der Waals surface area contributed by atoms with Gasteiger partial charge in [0.05, 0.1) is 11.5 Å². The molecule has 1 aliphatic rings. The Morgan fingerprint density at radius 1 is 1.50 bits per heavy atom. The number of nitro benzene ring substituents is 1. The zero-order chi connectivity index (χ0) is 14.5. The van der Waals surface area contributed by atoms with E-state index in [1.54, 1.807) is 13.0 Å². The summed E-state index contributed by atoms with van der Waals surface area (Å²) >= 11 is 0. The van der Waals surface area contributed by atoms with E-state index >= 15 is 0 Å². The summed E-state index contributed by atoms with van der Waals surface area (Å²) in [5.74, 6) is 0.419. The number of hydrogen-bond donors (Lipinski definition) is 2. The Labute approximate surface area is 118 Å². The Kier molecular flexibility index (Phi) is 4.55. The van der Waals surface area contributed by atoms with E-state index in [-0.39, 0.29) is 10.6 Å². The van der Waals surface area contributed by atoms with Crippen LogP contribution in [0.5, 0.6) is 0 Å². The van der Waals surface area contributed by atoms with Crippen molar-refractivity contribution in [3.63, 3.8) is 0 Å². The first-order chi connectivity index (χ1) is 9.58. The Balaban J connectivity index is 2.02. The smallest absolute Gasteiger partial charge is 0.272 e. The third kappa shape index (κ3) is 3.46. The highest BCUT2D eigenvalue weighted by atomic mass is 16.6. The monoisotopic (exact) mass is 276 g/mol. The molecule has 2 rings (SSSR count). The van der Waals surface area contributed by atoms with Crippen LogP contribution in [0.3, 0.4) is 0 Å². The second-order valence-electron chi connectivity index (χ2n) is 5.15. The van der Waals surface area contributed by atoms with Crippen molar-refractivity contribution in [2.24, 2.45) is 10.7 Å². The topological polar surface area (TPSA) is 93.5 Å². The van der Waals surface area contributed by atoms with Crippen LogP contribution in [0.4, 0.5) is 5.69 Å². The van der Waals surface area contributed by atoms with E-state index < -0.39 is 0 Å². The molecule has 1 aromatic carbocycles. The molecule has 0 bridgehead atoms. The normalized spacial score (nSPS) is 16.4. The fourth-order valence-electron chi connectivity index (χ4n) is 2.53. The van der Waals surface area contributed by atoms with Crippen molar-refractivity contribution >= 4 is 11.6 Å². The first-order valence-corrected chi connectivity index (χ1v) is 6.87. The van der Waals surface area contributed by atoms with Gasteiger partial charge in [-0.2, -0.15) is 0 Å². The van der Waals surface area contributed by atoms with Gasteiger partial charge in [-0.1, -0.05) is 25.0 Å². The molecule has 0 unspecified atom stereocenters. The van der Waals surface area contributed by atoms with Crippen LogP contribution in [0.1, 0.15) is 36.8 Å². The largest absolute Gasteiger partial charge is 0.370 e. The zero-order valence-electron chi connectivity index (χ0n) is 11.6. The molecule has 0 spiro atoms. The molecule has 0 radical (unpaired) electrons. The number of nitrogens with two attached hydrogens (primary N) is 1. The molecule has 108 valence electrons. The molecule has 0 heterocycles. The average Bonchev–Trinajstić information content (AvgIpc) is 2.90. The standard InChI is InChI=1S/C14H20N4O2/c1-10-11(5-4-8-13(10)18(19)20)9-16-14(15)17-12-6-2-3-7-12/h4-5,8,12H,2-3,6-7,9H2,1H3,(H3,15,16,17). The van der Waals surface area contributed by atoms with Crippen molar-refractivity contribution in [3.05, 3.63) is 39.4 Å². The average molecular weight is 276 g/mol. The lowest BCUT2D eigenvalue weighted by atomic mass is 10.1.